The fraction of sp³-hybridized carbons (Fsp3) is 0.312. The SMILES string of the molecule is CCCOc1c(C)cc(C)cc1C(=O)c1cccs1. The predicted octanol–water partition coefficient (Wildman–Crippen LogP) is 4.38. The molecule has 1 aromatic heterocycles. The smallest absolute Gasteiger partial charge is 0.206 e. The van der Waals surface area contributed by atoms with Crippen LogP contribution in [0.4, 0.5) is 0 Å². The van der Waals surface area contributed by atoms with Crippen molar-refractivity contribution in [3.8, 4) is 5.75 Å². The van der Waals surface area contributed by atoms with Crippen LogP contribution in [-0.2, 0) is 0 Å². The van der Waals surface area contributed by atoms with Crippen molar-refractivity contribution in [2.75, 3.05) is 6.61 Å². The standard InChI is InChI=1S/C16H18O2S/c1-4-7-18-16-12(3)9-11(2)10-13(16)15(17)14-6-5-8-19-14/h5-6,8-10H,4,7H2,1-3H3. The summed E-state index contributed by atoms with van der Waals surface area (Å²) >= 11 is 1.47. The number of hydrogen-bond acceptors (Lipinski definition) is 3. The molecule has 0 N–H and O–H groups in total. The van der Waals surface area contributed by atoms with Crippen LogP contribution in [0.1, 0.15) is 39.7 Å². The first-order valence-corrected chi connectivity index (χ1v) is 7.33. The third kappa shape index (κ3) is 3.04. The molecular formula is C16H18O2S. The van der Waals surface area contributed by atoms with Gasteiger partial charge >= 0.3 is 0 Å². The summed E-state index contributed by atoms with van der Waals surface area (Å²) in [5, 5.41) is 1.92. The highest BCUT2D eigenvalue weighted by molar-refractivity contribution is 7.12. The van der Waals surface area contributed by atoms with Gasteiger partial charge in [-0.05, 0) is 48.9 Å². The van der Waals surface area contributed by atoms with E-state index in [0.29, 0.717) is 12.2 Å². The van der Waals surface area contributed by atoms with Gasteiger partial charge in [0.15, 0.2) is 0 Å². The van der Waals surface area contributed by atoms with Gasteiger partial charge in [-0.2, -0.15) is 0 Å². The van der Waals surface area contributed by atoms with Gasteiger partial charge in [0.1, 0.15) is 5.75 Å². The van der Waals surface area contributed by atoms with E-state index in [2.05, 4.69) is 13.0 Å². The number of aryl methyl sites for hydroxylation is 2. The van der Waals surface area contributed by atoms with Gasteiger partial charge in [0.2, 0.25) is 5.78 Å². The second-order valence-electron chi connectivity index (χ2n) is 4.61. The second-order valence-corrected chi connectivity index (χ2v) is 5.56. The molecule has 2 nitrogen and oxygen atoms in total. The number of carbonyl (C=O) groups is 1. The molecule has 0 unspecified atom stereocenters. The number of benzene rings is 1. The van der Waals surface area contributed by atoms with Crippen LogP contribution in [0.25, 0.3) is 0 Å². The molecule has 0 radical (unpaired) electrons. The fourth-order valence-corrected chi connectivity index (χ4v) is 2.74. The summed E-state index contributed by atoms with van der Waals surface area (Å²) in [6.07, 6.45) is 0.931. The lowest BCUT2D eigenvalue weighted by molar-refractivity contribution is 0.103. The van der Waals surface area contributed by atoms with Gasteiger partial charge in [0, 0.05) is 0 Å². The summed E-state index contributed by atoms with van der Waals surface area (Å²) in [6.45, 7) is 6.68. The minimum Gasteiger partial charge on any atom is -0.493 e. The van der Waals surface area contributed by atoms with E-state index in [1.54, 1.807) is 0 Å². The molecule has 3 heteroatoms. The van der Waals surface area contributed by atoms with Gasteiger partial charge in [-0.1, -0.05) is 19.1 Å². The highest BCUT2D eigenvalue weighted by Gasteiger charge is 2.18. The lowest BCUT2D eigenvalue weighted by Crippen LogP contribution is -2.07. The fourth-order valence-electron chi connectivity index (χ4n) is 2.06. The van der Waals surface area contributed by atoms with Crippen molar-refractivity contribution in [1.82, 2.24) is 0 Å². The van der Waals surface area contributed by atoms with Gasteiger partial charge in [-0.15, -0.1) is 11.3 Å². The number of carbonyl (C=O) groups excluding carboxylic acids is 1. The van der Waals surface area contributed by atoms with Crippen LogP contribution in [0.15, 0.2) is 29.6 Å². The summed E-state index contributed by atoms with van der Waals surface area (Å²) in [5.41, 5.74) is 2.78. The van der Waals surface area contributed by atoms with Gasteiger partial charge in [0.25, 0.3) is 0 Å². The third-order valence-electron chi connectivity index (χ3n) is 2.86. The van der Waals surface area contributed by atoms with E-state index < -0.39 is 0 Å². The van der Waals surface area contributed by atoms with Crippen molar-refractivity contribution >= 4 is 17.1 Å². The van der Waals surface area contributed by atoms with Crippen LogP contribution in [0, 0.1) is 13.8 Å². The average molecular weight is 274 g/mol. The Morgan fingerprint density at radius 3 is 2.74 bits per heavy atom. The van der Waals surface area contributed by atoms with Crippen LogP contribution in [0.5, 0.6) is 5.75 Å². The molecule has 0 saturated heterocycles. The monoisotopic (exact) mass is 274 g/mol. The zero-order chi connectivity index (χ0) is 13.8. The largest absolute Gasteiger partial charge is 0.493 e. The maximum Gasteiger partial charge on any atom is 0.206 e. The van der Waals surface area contributed by atoms with E-state index in [1.807, 2.05) is 37.4 Å². The van der Waals surface area contributed by atoms with Crippen molar-refractivity contribution in [3.63, 3.8) is 0 Å². The van der Waals surface area contributed by atoms with Crippen molar-refractivity contribution in [1.29, 1.82) is 0 Å². The summed E-state index contributed by atoms with van der Waals surface area (Å²) in [4.78, 5) is 13.3. The van der Waals surface area contributed by atoms with Gasteiger partial charge in [0.05, 0.1) is 17.0 Å². The average Bonchev–Trinajstić information content (AvgIpc) is 2.90. The molecule has 0 atom stereocenters. The van der Waals surface area contributed by atoms with Gasteiger partial charge in [-0.3, -0.25) is 4.79 Å². The van der Waals surface area contributed by atoms with Crippen molar-refractivity contribution in [2.24, 2.45) is 0 Å². The third-order valence-corrected chi connectivity index (χ3v) is 3.73. The van der Waals surface area contributed by atoms with Crippen LogP contribution in [0.3, 0.4) is 0 Å². The summed E-state index contributed by atoms with van der Waals surface area (Å²) in [6, 6.07) is 7.72. The van der Waals surface area contributed by atoms with Crippen molar-refractivity contribution < 1.29 is 9.53 Å². The normalized spacial score (nSPS) is 10.5. The molecule has 0 aliphatic rings. The molecule has 0 bridgehead atoms. The predicted molar refractivity (Wildman–Crippen MR) is 79.5 cm³/mol. The van der Waals surface area contributed by atoms with Crippen LogP contribution in [-0.4, -0.2) is 12.4 Å². The minimum atomic E-state index is 0.0490. The molecule has 2 aromatic rings. The lowest BCUT2D eigenvalue weighted by atomic mass is 10.0. The van der Waals surface area contributed by atoms with Crippen LogP contribution in [0.2, 0.25) is 0 Å². The highest BCUT2D eigenvalue weighted by Crippen LogP contribution is 2.29. The first-order valence-electron chi connectivity index (χ1n) is 6.45. The van der Waals surface area contributed by atoms with E-state index in [1.165, 1.54) is 11.3 Å². The number of rotatable bonds is 5. The van der Waals surface area contributed by atoms with Crippen molar-refractivity contribution in [3.05, 3.63) is 51.2 Å². The molecular weight excluding hydrogens is 256 g/mol. The molecule has 1 heterocycles. The molecule has 0 saturated carbocycles. The van der Waals surface area contributed by atoms with Gasteiger partial charge in [-0.25, -0.2) is 0 Å². The summed E-state index contributed by atoms with van der Waals surface area (Å²) < 4.78 is 5.78. The van der Waals surface area contributed by atoms with Crippen LogP contribution >= 0.6 is 11.3 Å². The quantitative estimate of drug-likeness (QED) is 0.756. The van der Waals surface area contributed by atoms with E-state index in [0.717, 1.165) is 28.2 Å². The van der Waals surface area contributed by atoms with Crippen molar-refractivity contribution in [2.45, 2.75) is 27.2 Å². The Balaban J connectivity index is 2.45. The molecule has 0 fully saturated rings. The Morgan fingerprint density at radius 1 is 1.32 bits per heavy atom. The zero-order valence-electron chi connectivity index (χ0n) is 11.5. The number of hydrogen-bond donors (Lipinski definition) is 0. The first kappa shape index (κ1) is 13.8. The van der Waals surface area contributed by atoms with E-state index >= 15 is 0 Å². The molecule has 0 spiro atoms. The Kier molecular flexibility index (Phi) is 4.38. The first-order chi connectivity index (χ1) is 9.13. The molecule has 1 aromatic carbocycles. The Bertz CT molecular complexity index is 571. The molecule has 19 heavy (non-hydrogen) atoms. The summed E-state index contributed by atoms with van der Waals surface area (Å²) in [7, 11) is 0. The van der Waals surface area contributed by atoms with E-state index in [9.17, 15) is 4.79 Å². The minimum absolute atomic E-state index is 0.0490. The number of thiophene rings is 1. The highest BCUT2D eigenvalue weighted by atomic mass is 32.1. The van der Waals surface area contributed by atoms with Crippen LogP contribution < -0.4 is 4.74 Å². The second kappa shape index (κ2) is 6.02. The molecule has 2 rings (SSSR count). The van der Waals surface area contributed by atoms with Gasteiger partial charge < -0.3 is 4.74 Å². The van der Waals surface area contributed by atoms with E-state index in [4.69, 9.17) is 4.74 Å². The molecule has 0 amide bonds. The Labute approximate surface area is 118 Å². The van der Waals surface area contributed by atoms with E-state index in [-0.39, 0.29) is 5.78 Å². The molecule has 0 aliphatic heterocycles. The number of ketones is 1. The molecule has 0 aliphatic carbocycles. The number of ether oxygens (including phenoxy) is 1. The lowest BCUT2D eigenvalue weighted by Gasteiger charge is -2.13. The molecule has 100 valence electrons. The maximum absolute atomic E-state index is 12.5. The Hall–Kier alpha value is -1.61. The Morgan fingerprint density at radius 2 is 2.11 bits per heavy atom. The zero-order valence-corrected chi connectivity index (χ0v) is 12.3. The topological polar surface area (TPSA) is 26.3 Å². The summed E-state index contributed by atoms with van der Waals surface area (Å²) in [5.74, 6) is 0.777. The maximum atomic E-state index is 12.5.